The maximum Gasteiger partial charge on any atom is 0.130 e. The molecule has 0 aliphatic carbocycles. The van der Waals surface area contributed by atoms with Gasteiger partial charge in [-0.2, -0.15) is 0 Å². The maximum absolute atomic E-state index is 5.96. The minimum absolute atomic E-state index is 0.00658. The first kappa shape index (κ1) is 15.4. The molecule has 0 aliphatic rings. The Hall–Kier alpha value is -1.96. The molecule has 0 fully saturated rings. The first-order chi connectivity index (χ1) is 9.95. The van der Waals surface area contributed by atoms with Crippen molar-refractivity contribution in [3.05, 3.63) is 58.7 Å². The summed E-state index contributed by atoms with van der Waals surface area (Å²) in [6.07, 6.45) is 0.00658. The van der Waals surface area contributed by atoms with Gasteiger partial charge in [-0.1, -0.05) is 35.4 Å². The van der Waals surface area contributed by atoms with Crippen LogP contribution in [0.3, 0.4) is 0 Å². The summed E-state index contributed by atoms with van der Waals surface area (Å²) < 4.78 is 11.8. The van der Waals surface area contributed by atoms with E-state index in [0.717, 1.165) is 22.6 Å². The Balaban J connectivity index is 1.94. The normalized spacial score (nSPS) is 12.0. The fourth-order valence-corrected chi connectivity index (χ4v) is 2.35. The quantitative estimate of drug-likeness (QED) is 0.787. The van der Waals surface area contributed by atoms with Gasteiger partial charge in [-0.05, 0) is 57.9 Å². The highest BCUT2D eigenvalue weighted by Crippen LogP contribution is 2.22. The molecule has 2 aromatic carbocycles. The van der Waals surface area contributed by atoms with Gasteiger partial charge in [-0.25, -0.2) is 0 Å². The zero-order valence-electron chi connectivity index (χ0n) is 13.6. The van der Waals surface area contributed by atoms with Gasteiger partial charge in [-0.3, -0.25) is 0 Å². The smallest absolute Gasteiger partial charge is 0.130 e. The van der Waals surface area contributed by atoms with Crippen LogP contribution in [-0.2, 0) is 0 Å². The second-order valence-corrected chi connectivity index (χ2v) is 5.78. The van der Waals surface area contributed by atoms with Crippen LogP contribution in [0.4, 0.5) is 0 Å². The molecule has 0 heterocycles. The lowest BCUT2D eigenvalue weighted by molar-refractivity contribution is 0.142. The van der Waals surface area contributed by atoms with E-state index in [1.54, 1.807) is 0 Å². The molecule has 2 nitrogen and oxygen atoms in total. The van der Waals surface area contributed by atoms with Crippen LogP contribution in [0.2, 0.25) is 0 Å². The van der Waals surface area contributed by atoms with Crippen molar-refractivity contribution < 1.29 is 9.47 Å². The standard InChI is InChI=1S/C19H24O2/c1-13-6-8-18(15(3)10-13)20-12-17(5)21-19-9-7-14(2)11-16(19)4/h6-11,17H,12H2,1-5H3. The fourth-order valence-electron chi connectivity index (χ4n) is 2.35. The van der Waals surface area contributed by atoms with Crippen molar-refractivity contribution in [1.82, 2.24) is 0 Å². The Morgan fingerprint density at radius 2 is 1.33 bits per heavy atom. The molecule has 0 amide bonds. The van der Waals surface area contributed by atoms with Crippen molar-refractivity contribution in [1.29, 1.82) is 0 Å². The lowest BCUT2D eigenvalue weighted by atomic mass is 10.1. The number of benzene rings is 2. The minimum Gasteiger partial charge on any atom is -0.489 e. The van der Waals surface area contributed by atoms with E-state index in [-0.39, 0.29) is 6.10 Å². The van der Waals surface area contributed by atoms with Crippen molar-refractivity contribution in [3.8, 4) is 11.5 Å². The molecule has 0 aliphatic heterocycles. The molecule has 0 aromatic heterocycles. The van der Waals surface area contributed by atoms with Crippen molar-refractivity contribution in [2.45, 2.75) is 40.7 Å². The van der Waals surface area contributed by atoms with E-state index >= 15 is 0 Å². The summed E-state index contributed by atoms with van der Waals surface area (Å²) in [5.41, 5.74) is 4.82. The van der Waals surface area contributed by atoms with Crippen LogP contribution < -0.4 is 9.47 Å². The van der Waals surface area contributed by atoms with Crippen molar-refractivity contribution in [2.24, 2.45) is 0 Å². The Morgan fingerprint density at radius 1 is 0.810 bits per heavy atom. The lowest BCUT2D eigenvalue weighted by Gasteiger charge is -2.18. The van der Waals surface area contributed by atoms with Gasteiger partial charge in [0.1, 0.15) is 24.2 Å². The molecule has 2 aromatic rings. The van der Waals surface area contributed by atoms with E-state index in [2.05, 4.69) is 52.0 Å². The van der Waals surface area contributed by atoms with Gasteiger partial charge in [0.15, 0.2) is 0 Å². The number of aryl methyl sites for hydroxylation is 4. The Labute approximate surface area is 127 Å². The highest BCUT2D eigenvalue weighted by Gasteiger charge is 2.08. The second-order valence-electron chi connectivity index (χ2n) is 5.78. The van der Waals surface area contributed by atoms with Crippen LogP contribution in [0.1, 0.15) is 29.2 Å². The molecule has 0 saturated heterocycles. The summed E-state index contributed by atoms with van der Waals surface area (Å²) in [5, 5.41) is 0. The Bertz CT molecular complexity index is 617. The molecule has 0 saturated carbocycles. The zero-order chi connectivity index (χ0) is 15.4. The van der Waals surface area contributed by atoms with Crippen molar-refractivity contribution in [3.63, 3.8) is 0 Å². The van der Waals surface area contributed by atoms with Crippen molar-refractivity contribution in [2.75, 3.05) is 6.61 Å². The first-order valence-corrected chi connectivity index (χ1v) is 7.39. The molecule has 1 unspecified atom stereocenters. The third-order valence-electron chi connectivity index (χ3n) is 3.46. The number of rotatable bonds is 5. The molecule has 0 radical (unpaired) electrons. The molecule has 0 spiro atoms. The molecule has 1 atom stereocenters. The van der Waals surface area contributed by atoms with E-state index in [4.69, 9.17) is 9.47 Å². The summed E-state index contributed by atoms with van der Waals surface area (Å²) in [6, 6.07) is 12.4. The maximum atomic E-state index is 5.96. The van der Waals surface area contributed by atoms with E-state index in [1.807, 2.05) is 19.1 Å². The highest BCUT2D eigenvalue weighted by atomic mass is 16.5. The Morgan fingerprint density at radius 3 is 1.86 bits per heavy atom. The van der Waals surface area contributed by atoms with Gasteiger partial charge >= 0.3 is 0 Å². The molecule has 0 N–H and O–H groups in total. The summed E-state index contributed by atoms with van der Waals surface area (Å²) in [7, 11) is 0. The number of ether oxygens (including phenoxy) is 2. The summed E-state index contributed by atoms with van der Waals surface area (Å²) in [4.78, 5) is 0. The minimum atomic E-state index is 0.00658. The largest absolute Gasteiger partial charge is 0.489 e. The average molecular weight is 284 g/mol. The average Bonchev–Trinajstić information content (AvgIpc) is 2.41. The van der Waals surface area contributed by atoms with Gasteiger partial charge in [0, 0.05) is 0 Å². The second kappa shape index (κ2) is 6.66. The third-order valence-corrected chi connectivity index (χ3v) is 3.46. The fraction of sp³-hybridized carbons (Fsp3) is 0.368. The van der Waals surface area contributed by atoms with Crippen LogP contribution in [0.15, 0.2) is 36.4 Å². The molecule has 21 heavy (non-hydrogen) atoms. The van der Waals surface area contributed by atoms with E-state index in [0.29, 0.717) is 6.61 Å². The first-order valence-electron chi connectivity index (χ1n) is 7.39. The zero-order valence-corrected chi connectivity index (χ0v) is 13.6. The third kappa shape index (κ3) is 4.25. The number of hydrogen-bond donors (Lipinski definition) is 0. The monoisotopic (exact) mass is 284 g/mol. The van der Waals surface area contributed by atoms with Crippen LogP contribution >= 0.6 is 0 Å². The molecule has 2 rings (SSSR count). The van der Waals surface area contributed by atoms with Gasteiger partial charge in [0.05, 0.1) is 0 Å². The molecule has 0 bridgehead atoms. The molecule has 112 valence electrons. The summed E-state index contributed by atoms with van der Waals surface area (Å²) in [6.45, 7) is 10.9. The molecular formula is C19H24O2. The predicted octanol–water partition coefficient (Wildman–Crippen LogP) is 4.77. The molecular weight excluding hydrogens is 260 g/mol. The Kier molecular flexibility index (Phi) is 4.89. The summed E-state index contributed by atoms with van der Waals surface area (Å²) >= 11 is 0. The van der Waals surface area contributed by atoms with Crippen LogP contribution in [-0.4, -0.2) is 12.7 Å². The van der Waals surface area contributed by atoms with E-state index < -0.39 is 0 Å². The van der Waals surface area contributed by atoms with Crippen LogP contribution in [0.5, 0.6) is 11.5 Å². The van der Waals surface area contributed by atoms with Gasteiger partial charge < -0.3 is 9.47 Å². The van der Waals surface area contributed by atoms with Crippen LogP contribution in [0, 0.1) is 27.7 Å². The van der Waals surface area contributed by atoms with E-state index in [9.17, 15) is 0 Å². The van der Waals surface area contributed by atoms with Gasteiger partial charge in [0.25, 0.3) is 0 Å². The molecule has 2 heteroatoms. The SMILES string of the molecule is Cc1ccc(OCC(C)Oc2ccc(C)cc2C)c(C)c1. The number of hydrogen-bond acceptors (Lipinski definition) is 2. The summed E-state index contributed by atoms with van der Waals surface area (Å²) in [5.74, 6) is 1.86. The van der Waals surface area contributed by atoms with Gasteiger partial charge in [0.2, 0.25) is 0 Å². The van der Waals surface area contributed by atoms with Gasteiger partial charge in [-0.15, -0.1) is 0 Å². The topological polar surface area (TPSA) is 18.5 Å². The predicted molar refractivity (Wildman–Crippen MR) is 87.4 cm³/mol. The van der Waals surface area contributed by atoms with Crippen LogP contribution in [0.25, 0.3) is 0 Å². The highest BCUT2D eigenvalue weighted by molar-refractivity contribution is 5.36. The lowest BCUT2D eigenvalue weighted by Crippen LogP contribution is -2.21. The van der Waals surface area contributed by atoms with E-state index in [1.165, 1.54) is 11.1 Å². The van der Waals surface area contributed by atoms with Crippen molar-refractivity contribution >= 4 is 0 Å².